The Kier molecular flexibility index (Phi) is 9.70. The summed E-state index contributed by atoms with van der Waals surface area (Å²) in [5.74, 6) is -2.54. The van der Waals surface area contributed by atoms with Crippen LogP contribution >= 0.6 is 27.7 Å². The zero-order chi connectivity index (χ0) is 32.1. The number of rotatable bonds is 9. The predicted octanol–water partition coefficient (Wildman–Crippen LogP) is 6.62. The molecular weight excluding hydrogens is 661 g/mol. The van der Waals surface area contributed by atoms with Gasteiger partial charge in [0.15, 0.2) is 5.78 Å². The van der Waals surface area contributed by atoms with E-state index >= 15 is 0 Å². The molecule has 1 heterocycles. The number of hydrogen-bond acceptors (Lipinski definition) is 6. The lowest BCUT2D eigenvalue weighted by molar-refractivity contribution is -0.121. The Bertz CT molecular complexity index is 1830. The average molecular weight is 687 g/mol. The first-order chi connectivity index (χ1) is 21.6. The summed E-state index contributed by atoms with van der Waals surface area (Å²) in [6.45, 7) is 1.44. The lowest BCUT2D eigenvalue weighted by atomic mass is 10.1. The molecular formula is C34H25BrFN3O5S. The van der Waals surface area contributed by atoms with E-state index in [-0.39, 0.29) is 35.3 Å². The first-order valence-electron chi connectivity index (χ1n) is 13.7. The van der Waals surface area contributed by atoms with Crippen LogP contribution in [-0.4, -0.2) is 34.7 Å². The summed E-state index contributed by atoms with van der Waals surface area (Å²) in [5.41, 5.74) is 2.05. The molecule has 0 spiro atoms. The van der Waals surface area contributed by atoms with Gasteiger partial charge in [0.2, 0.25) is 11.8 Å². The summed E-state index contributed by atoms with van der Waals surface area (Å²) < 4.78 is 14.2. The van der Waals surface area contributed by atoms with Crippen LogP contribution in [0.2, 0.25) is 0 Å². The van der Waals surface area contributed by atoms with E-state index in [2.05, 4.69) is 26.6 Å². The first-order valence-corrected chi connectivity index (χ1v) is 15.3. The Morgan fingerprint density at radius 2 is 1.58 bits per heavy atom. The number of ketones is 1. The maximum absolute atomic E-state index is 13.4. The molecule has 1 aliphatic heterocycles. The minimum Gasteiger partial charge on any atom is -0.321 e. The van der Waals surface area contributed by atoms with E-state index in [1.165, 1.54) is 36.9 Å². The molecule has 1 unspecified atom stereocenters. The average Bonchev–Trinajstić information content (AvgIpc) is 3.30. The molecule has 0 saturated carbocycles. The van der Waals surface area contributed by atoms with Gasteiger partial charge in [0.25, 0.3) is 11.8 Å². The van der Waals surface area contributed by atoms with E-state index in [4.69, 9.17) is 0 Å². The van der Waals surface area contributed by atoms with Crippen molar-refractivity contribution >= 4 is 74.6 Å². The number of halogens is 2. The van der Waals surface area contributed by atoms with Crippen molar-refractivity contribution in [1.29, 1.82) is 0 Å². The molecule has 11 heteroatoms. The quantitative estimate of drug-likeness (QED) is 0.116. The van der Waals surface area contributed by atoms with Gasteiger partial charge in [-0.05, 0) is 97.4 Å². The predicted molar refractivity (Wildman–Crippen MR) is 174 cm³/mol. The summed E-state index contributed by atoms with van der Waals surface area (Å²) in [6, 6.07) is 25.1. The topological polar surface area (TPSA) is 113 Å². The number of benzene rings is 4. The van der Waals surface area contributed by atoms with E-state index < -0.39 is 22.9 Å². The van der Waals surface area contributed by atoms with Crippen LogP contribution in [0.15, 0.2) is 112 Å². The molecule has 1 fully saturated rings. The van der Waals surface area contributed by atoms with Crippen molar-refractivity contribution in [3.05, 3.63) is 130 Å². The molecule has 4 aromatic carbocycles. The Morgan fingerprint density at radius 3 is 2.24 bits per heavy atom. The van der Waals surface area contributed by atoms with Gasteiger partial charge in [0.1, 0.15) is 11.5 Å². The maximum Gasteiger partial charge on any atom is 0.272 e. The number of nitrogens with zero attached hydrogens (tertiary/aromatic N) is 1. The van der Waals surface area contributed by atoms with E-state index in [0.29, 0.717) is 27.4 Å². The fourth-order valence-electron chi connectivity index (χ4n) is 4.50. The molecule has 0 bridgehead atoms. The molecule has 5 rings (SSSR count). The molecule has 4 aromatic rings. The van der Waals surface area contributed by atoms with Crippen LogP contribution in [0.25, 0.3) is 6.08 Å². The van der Waals surface area contributed by atoms with Crippen LogP contribution in [0.4, 0.5) is 15.8 Å². The third-order valence-electron chi connectivity index (χ3n) is 6.79. The Hall–Kier alpha value is -4.87. The zero-order valence-corrected chi connectivity index (χ0v) is 26.2. The highest BCUT2D eigenvalue weighted by Gasteiger charge is 2.40. The largest absolute Gasteiger partial charge is 0.321 e. The van der Waals surface area contributed by atoms with Gasteiger partial charge in [-0.1, -0.05) is 34.1 Å². The normalized spacial score (nSPS) is 14.8. The number of hydrogen-bond donors (Lipinski definition) is 2. The summed E-state index contributed by atoms with van der Waals surface area (Å²) in [7, 11) is 0. The van der Waals surface area contributed by atoms with Gasteiger partial charge in [0, 0.05) is 32.6 Å². The molecule has 1 saturated heterocycles. The van der Waals surface area contributed by atoms with Crippen molar-refractivity contribution in [2.24, 2.45) is 0 Å². The van der Waals surface area contributed by atoms with E-state index in [9.17, 15) is 28.4 Å². The fraction of sp³-hybridized carbons (Fsp3) is 0.0882. The highest BCUT2D eigenvalue weighted by Crippen LogP contribution is 2.35. The highest BCUT2D eigenvalue weighted by molar-refractivity contribution is 9.10. The Morgan fingerprint density at radius 1 is 0.911 bits per heavy atom. The minimum atomic E-state index is -0.682. The second-order valence-corrected chi connectivity index (χ2v) is 12.2. The third-order valence-corrected chi connectivity index (χ3v) is 8.50. The van der Waals surface area contributed by atoms with Crippen LogP contribution in [0.3, 0.4) is 0 Å². The van der Waals surface area contributed by atoms with Crippen molar-refractivity contribution in [2.45, 2.75) is 23.5 Å². The second-order valence-electron chi connectivity index (χ2n) is 10.0. The molecule has 0 radical (unpaired) electrons. The number of carbonyl (C=O) groups excluding carboxylic acids is 5. The number of anilines is 2. The Labute approximate surface area is 270 Å². The number of thioether (sulfide) groups is 1. The smallest absolute Gasteiger partial charge is 0.272 e. The van der Waals surface area contributed by atoms with Gasteiger partial charge in [-0.25, -0.2) is 9.29 Å². The first kappa shape index (κ1) is 31.6. The molecule has 226 valence electrons. The van der Waals surface area contributed by atoms with Crippen molar-refractivity contribution in [1.82, 2.24) is 5.32 Å². The van der Waals surface area contributed by atoms with Crippen molar-refractivity contribution < 1.29 is 28.4 Å². The van der Waals surface area contributed by atoms with Crippen LogP contribution in [0, 0.1) is 5.82 Å². The van der Waals surface area contributed by atoms with Crippen LogP contribution < -0.4 is 15.5 Å². The lowest BCUT2D eigenvalue weighted by Gasteiger charge is -2.15. The highest BCUT2D eigenvalue weighted by atomic mass is 79.9. The summed E-state index contributed by atoms with van der Waals surface area (Å²) in [5, 5.41) is 4.71. The van der Waals surface area contributed by atoms with Gasteiger partial charge >= 0.3 is 0 Å². The Balaban J connectivity index is 1.31. The standard InChI is InChI=1S/C34H25BrFN3O5S/c1-20(40)22-9-15-27(16-10-22)39-31(41)19-30(34(39)44)45-28-4-2-3-26(18-28)37-33(43)29(17-21-5-11-24(35)12-6-21)38-32(42)23-7-13-25(36)14-8-23/h2-18,30H,19H2,1H3,(H,37,43)(H,38,42)/b29-17-. The third kappa shape index (κ3) is 7.81. The van der Waals surface area contributed by atoms with Crippen LogP contribution in [0.1, 0.15) is 39.6 Å². The number of nitrogens with one attached hydrogen (secondary N) is 2. The molecule has 1 aliphatic rings. The van der Waals surface area contributed by atoms with Gasteiger partial charge in [-0.2, -0.15) is 0 Å². The summed E-state index contributed by atoms with van der Waals surface area (Å²) in [4.78, 5) is 65.7. The van der Waals surface area contributed by atoms with Gasteiger partial charge < -0.3 is 10.6 Å². The fourth-order valence-corrected chi connectivity index (χ4v) is 5.88. The zero-order valence-electron chi connectivity index (χ0n) is 23.8. The van der Waals surface area contributed by atoms with Crippen molar-refractivity contribution in [3.8, 4) is 0 Å². The second kappa shape index (κ2) is 13.8. The van der Waals surface area contributed by atoms with Crippen LogP contribution in [-0.2, 0) is 14.4 Å². The molecule has 45 heavy (non-hydrogen) atoms. The number of Topliss-reactive ketones (excluding diaryl/α,β-unsaturated/α-hetero) is 1. The molecule has 2 N–H and O–H groups in total. The van der Waals surface area contributed by atoms with E-state index in [0.717, 1.165) is 21.5 Å². The molecule has 4 amide bonds. The van der Waals surface area contributed by atoms with Crippen molar-refractivity contribution in [3.63, 3.8) is 0 Å². The molecule has 0 aliphatic carbocycles. The molecule has 1 atom stereocenters. The number of amides is 4. The lowest BCUT2D eigenvalue weighted by Crippen LogP contribution is -2.31. The number of imide groups is 1. The summed E-state index contributed by atoms with van der Waals surface area (Å²) >= 11 is 4.57. The molecule has 8 nitrogen and oxygen atoms in total. The number of carbonyl (C=O) groups is 5. The van der Waals surface area contributed by atoms with E-state index in [1.807, 2.05) is 0 Å². The molecule has 0 aromatic heterocycles. The van der Waals surface area contributed by atoms with Crippen LogP contribution in [0.5, 0.6) is 0 Å². The monoisotopic (exact) mass is 685 g/mol. The minimum absolute atomic E-state index is 0.00988. The van der Waals surface area contributed by atoms with Gasteiger partial charge in [-0.15, -0.1) is 11.8 Å². The van der Waals surface area contributed by atoms with Gasteiger partial charge in [0.05, 0.1) is 10.9 Å². The maximum atomic E-state index is 13.4. The van der Waals surface area contributed by atoms with E-state index in [1.54, 1.807) is 72.8 Å². The van der Waals surface area contributed by atoms with Crippen molar-refractivity contribution in [2.75, 3.05) is 10.2 Å². The van der Waals surface area contributed by atoms with Gasteiger partial charge in [-0.3, -0.25) is 24.0 Å². The SMILES string of the molecule is CC(=O)c1ccc(N2C(=O)CC(Sc3cccc(NC(=O)/C(=C/c4ccc(Br)cc4)NC(=O)c4ccc(F)cc4)c3)C2=O)cc1. The summed E-state index contributed by atoms with van der Waals surface area (Å²) in [6.07, 6.45) is 1.51.